The maximum atomic E-state index is 5.87. The second-order valence-electron chi connectivity index (χ2n) is 4.60. The van der Waals surface area contributed by atoms with E-state index in [0.29, 0.717) is 34.2 Å². The first-order valence-corrected chi connectivity index (χ1v) is 6.62. The van der Waals surface area contributed by atoms with E-state index in [2.05, 4.69) is 10.2 Å². The zero-order valence-corrected chi connectivity index (χ0v) is 12.2. The van der Waals surface area contributed by atoms with Crippen molar-refractivity contribution in [2.24, 2.45) is 0 Å². The Balaban J connectivity index is 2.07. The fourth-order valence-corrected chi connectivity index (χ4v) is 2.11. The predicted octanol–water partition coefficient (Wildman–Crippen LogP) is 3.02. The molecule has 112 valence electrons. The molecule has 0 atom stereocenters. The second-order valence-corrected chi connectivity index (χ2v) is 4.60. The minimum atomic E-state index is 0.579. The highest BCUT2D eigenvalue weighted by Crippen LogP contribution is 2.36. The topological polar surface area (TPSA) is 79.5 Å². The molecule has 0 saturated carbocycles. The van der Waals surface area contributed by atoms with Crippen LogP contribution in [-0.4, -0.2) is 24.4 Å². The molecule has 0 saturated heterocycles. The van der Waals surface area contributed by atoms with Gasteiger partial charge in [0.2, 0.25) is 0 Å². The normalized spacial score (nSPS) is 10.5. The third kappa shape index (κ3) is 2.58. The van der Waals surface area contributed by atoms with Crippen LogP contribution in [0.3, 0.4) is 0 Å². The van der Waals surface area contributed by atoms with E-state index in [-0.39, 0.29) is 0 Å². The van der Waals surface area contributed by atoms with Crippen LogP contribution in [0.1, 0.15) is 0 Å². The number of anilines is 1. The summed E-state index contributed by atoms with van der Waals surface area (Å²) in [5.41, 5.74) is 7.01. The number of fused-ring (bicyclic) bond motifs is 1. The van der Waals surface area contributed by atoms with Gasteiger partial charge in [0.25, 0.3) is 0 Å². The Morgan fingerprint density at radius 2 is 1.59 bits per heavy atom. The number of ether oxygens (including phenoxy) is 3. The maximum absolute atomic E-state index is 5.87. The predicted molar refractivity (Wildman–Crippen MR) is 83.6 cm³/mol. The van der Waals surface area contributed by atoms with E-state index in [0.717, 1.165) is 5.39 Å². The zero-order chi connectivity index (χ0) is 15.5. The van der Waals surface area contributed by atoms with Crippen molar-refractivity contribution in [3.63, 3.8) is 0 Å². The number of aromatic nitrogens is 2. The number of hydrogen-bond acceptors (Lipinski definition) is 6. The van der Waals surface area contributed by atoms with Gasteiger partial charge >= 0.3 is 0 Å². The lowest BCUT2D eigenvalue weighted by Gasteiger charge is -2.11. The summed E-state index contributed by atoms with van der Waals surface area (Å²) in [5, 5.41) is 8.84. The lowest BCUT2D eigenvalue weighted by atomic mass is 10.2. The van der Waals surface area contributed by atoms with E-state index in [1.165, 1.54) is 0 Å². The van der Waals surface area contributed by atoms with Crippen molar-refractivity contribution in [2.45, 2.75) is 0 Å². The molecule has 2 N–H and O–H groups in total. The van der Waals surface area contributed by atoms with Crippen LogP contribution in [0, 0.1) is 0 Å². The minimum absolute atomic E-state index is 0.579. The van der Waals surface area contributed by atoms with Gasteiger partial charge in [0.15, 0.2) is 17.2 Å². The maximum Gasteiger partial charge on any atom is 0.162 e. The van der Waals surface area contributed by atoms with Gasteiger partial charge in [0, 0.05) is 11.8 Å². The molecule has 0 amide bonds. The summed E-state index contributed by atoms with van der Waals surface area (Å²) in [4.78, 5) is 0. The number of nitrogen functional groups attached to an aromatic ring is 1. The van der Waals surface area contributed by atoms with E-state index in [4.69, 9.17) is 19.9 Å². The van der Waals surface area contributed by atoms with Crippen LogP contribution in [0.5, 0.6) is 23.0 Å². The Hall–Kier alpha value is -3.02. The van der Waals surface area contributed by atoms with Crippen molar-refractivity contribution in [1.29, 1.82) is 0 Å². The van der Waals surface area contributed by atoms with Crippen molar-refractivity contribution in [1.82, 2.24) is 10.2 Å². The Kier molecular flexibility index (Phi) is 3.65. The monoisotopic (exact) mass is 297 g/mol. The number of benzene rings is 2. The first-order chi connectivity index (χ1) is 10.7. The van der Waals surface area contributed by atoms with Crippen LogP contribution in [0.15, 0.2) is 42.6 Å². The highest BCUT2D eigenvalue weighted by molar-refractivity contribution is 5.87. The molecular formula is C16H15N3O3. The molecule has 6 nitrogen and oxygen atoms in total. The summed E-state index contributed by atoms with van der Waals surface area (Å²) in [7, 11) is 3.16. The number of methoxy groups -OCH3 is 2. The molecule has 1 heterocycles. The van der Waals surface area contributed by atoms with Gasteiger partial charge in [0.1, 0.15) is 11.3 Å². The summed E-state index contributed by atoms with van der Waals surface area (Å²) >= 11 is 0. The SMILES string of the molecule is COc1cc2nncc(Oc3ccc(N)cc3)c2cc1OC. The Bertz CT molecular complexity index is 804. The molecule has 0 bridgehead atoms. The highest BCUT2D eigenvalue weighted by Gasteiger charge is 2.12. The summed E-state index contributed by atoms with van der Waals surface area (Å²) in [5.74, 6) is 2.44. The molecular weight excluding hydrogens is 282 g/mol. The third-order valence-electron chi connectivity index (χ3n) is 3.22. The van der Waals surface area contributed by atoms with Gasteiger partial charge in [0.05, 0.1) is 25.8 Å². The van der Waals surface area contributed by atoms with Gasteiger partial charge in [-0.3, -0.25) is 0 Å². The Morgan fingerprint density at radius 1 is 0.909 bits per heavy atom. The zero-order valence-electron chi connectivity index (χ0n) is 12.2. The van der Waals surface area contributed by atoms with E-state index in [1.807, 2.05) is 6.07 Å². The van der Waals surface area contributed by atoms with Crippen LogP contribution in [-0.2, 0) is 0 Å². The van der Waals surface area contributed by atoms with E-state index < -0.39 is 0 Å². The smallest absolute Gasteiger partial charge is 0.162 e. The van der Waals surface area contributed by atoms with Gasteiger partial charge in [-0.05, 0) is 30.3 Å². The van der Waals surface area contributed by atoms with Crippen LogP contribution in [0.25, 0.3) is 10.9 Å². The molecule has 6 heteroatoms. The van der Waals surface area contributed by atoms with E-state index >= 15 is 0 Å². The fraction of sp³-hybridized carbons (Fsp3) is 0.125. The first-order valence-electron chi connectivity index (χ1n) is 6.62. The van der Waals surface area contributed by atoms with Crippen molar-refractivity contribution in [3.05, 3.63) is 42.6 Å². The molecule has 0 aliphatic heterocycles. The molecule has 0 unspecified atom stereocenters. The molecule has 2 aromatic carbocycles. The quantitative estimate of drug-likeness (QED) is 0.746. The minimum Gasteiger partial charge on any atom is -0.493 e. The third-order valence-corrected chi connectivity index (χ3v) is 3.22. The molecule has 0 spiro atoms. The fourth-order valence-electron chi connectivity index (χ4n) is 2.11. The molecule has 1 aromatic heterocycles. The van der Waals surface area contributed by atoms with Gasteiger partial charge in [-0.25, -0.2) is 0 Å². The molecule has 3 aromatic rings. The van der Waals surface area contributed by atoms with E-state index in [9.17, 15) is 0 Å². The van der Waals surface area contributed by atoms with E-state index in [1.54, 1.807) is 50.7 Å². The summed E-state index contributed by atoms with van der Waals surface area (Å²) < 4.78 is 16.5. The van der Waals surface area contributed by atoms with Gasteiger partial charge in [-0.15, -0.1) is 0 Å². The van der Waals surface area contributed by atoms with Crippen molar-refractivity contribution in [3.8, 4) is 23.0 Å². The molecule has 0 radical (unpaired) electrons. The standard InChI is InChI=1S/C16H15N3O3/c1-20-14-7-12-13(8-15(14)21-2)19-18-9-16(12)22-11-5-3-10(17)4-6-11/h3-9H,17H2,1-2H3. The highest BCUT2D eigenvalue weighted by atomic mass is 16.5. The summed E-state index contributed by atoms with van der Waals surface area (Å²) in [6.07, 6.45) is 1.56. The van der Waals surface area contributed by atoms with Gasteiger partial charge in [-0.1, -0.05) is 0 Å². The molecule has 3 rings (SSSR count). The summed E-state index contributed by atoms with van der Waals surface area (Å²) in [6.45, 7) is 0. The number of nitrogens with zero attached hydrogens (tertiary/aromatic N) is 2. The van der Waals surface area contributed by atoms with Crippen LogP contribution in [0.4, 0.5) is 5.69 Å². The summed E-state index contributed by atoms with van der Waals surface area (Å²) in [6, 6.07) is 10.7. The van der Waals surface area contributed by atoms with Crippen molar-refractivity contribution < 1.29 is 14.2 Å². The first kappa shape index (κ1) is 13.9. The van der Waals surface area contributed by atoms with Crippen LogP contribution in [0.2, 0.25) is 0 Å². The Morgan fingerprint density at radius 3 is 2.27 bits per heavy atom. The van der Waals surface area contributed by atoms with Crippen molar-refractivity contribution in [2.75, 3.05) is 20.0 Å². The van der Waals surface area contributed by atoms with Crippen LogP contribution >= 0.6 is 0 Å². The molecule has 0 aliphatic carbocycles. The average Bonchev–Trinajstić information content (AvgIpc) is 2.56. The molecule has 0 fully saturated rings. The number of rotatable bonds is 4. The molecule has 0 aliphatic rings. The van der Waals surface area contributed by atoms with Crippen LogP contribution < -0.4 is 19.9 Å². The Labute approximate surface area is 127 Å². The lowest BCUT2D eigenvalue weighted by molar-refractivity contribution is 0.355. The van der Waals surface area contributed by atoms with Gasteiger partial charge in [-0.2, -0.15) is 10.2 Å². The number of nitrogens with two attached hydrogens (primary N) is 1. The lowest BCUT2D eigenvalue weighted by Crippen LogP contribution is -1.95. The second kappa shape index (κ2) is 5.77. The number of hydrogen-bond donors (Lipinski definition) is 1. The average molecular weight is 297 g/mol. The van der Waals surface area contributed by atoms with Crippen molar-refractivity contribution >= 4 is 16.6 Å². The molecule has 22 heavy (non-hydrogen) atoms. The largest absolute Gasteiger partial charge is 0.493 e. The van der Waals surface area contributed by atoms with Gasteiger partial charge < -0.3 is 19.9 Å².